The highest BCUT2D eigenvalue weighted by atomic mass is 16.6. The van der Waals surface area contributed by atoms with E-state index < -0.39 is 5.60 Å². The van der Waals surface area contributed by atoms with Crippen LogP contribution >= 0.6 is 0 Å². The molecule has 0 spiro atoms. The molecule has 1 aliphatic rings. The average Bonchev–Trinajstić information content (AvgIpc) is 2.58. The number of likely N-dealkylation sites (tertiary alicyclic amines) is 1. The standard InChI is InChI=1S/C19H29N3O3/c1-5-21(14-16-10-6-7-11-20-16)17(23)15-9-8-12-22(13-15)18(24)25-19(2,3)4/h6-7,10-11,15H,5,8-9,12-14H2,1-4H3/t15-/m0/s1. The van der Waals surface area contributed by atoms with Gasteiger partial charge < -0.3 is 14.5 Å². The lowest BCUT2D eigenvalue weighted by atomic mass is 9.96. The first-order chi connectivity index (χ1) is 11.8. The highest BCUT2D eigenvalue weighted by molar-refractivity contribution is 5.80. The number of piperidine rings is 1. The van der Waals surface area contributed by atoms with Crippen molar-refractivity contribution in [2.24, 2.45) is 5.92 Å². The summed E-state index contributed by atoms with van der Waals surface area (Å²) in [6, 6.07) is 5.71. The summed E-state index contributed by atoms with van der Waals surface area (Å²) in [5.41, 5.74) is 0.347. The third-order valence-electron chi connectivity index (χ3n) is 4.19. The SMILES string of the molecule is CCN(Cc1ccccn1)C(=O)[C@H]1CCCN(C(=O)OC(C)(C)C)C1. The topological polar surface area (TPSA) is 62.7 Å². The largest absolute Gasteiger partial charge is 0.444 e. The van der Waals surface area contributed by atoms with E-state index in [9.17, 15) is 9.59 Å². The molecule has 0 aliphatic carbocycles. The van der Waals surface area contributed by atoms with Crippen molar-refractivity contribution in [3.8, 4) is 0 Å². The third-order valence-corrected chi connectivity index (χ3v) is 4.19. The second-order valence-corrected chi connectivity index (χ2v) is 7.44. The van der Waals surface area contributed by atoms with Crippen LogP contribution in [0.1, 0.15) is 46.2 Å². The Balaban J connectivity index is 1.98. The Morgan fingerprint density at radius 1 is 1.36 bits per heavy atom. The van der Waals surface area contributed by atoms with Gasteiger partial charge in [-0.05, 0) is 52.7 Å². The molecule has 0 radical (unpaired) electrons. The minimum atomic E-state index is -0.525. The monoisotopic (exact) mass is 347 g/mol. The summed E-state index contributed by atoms with van der Waals surface area (Å²) >= 11 is 0. The van der Waals surface area contributed by atoms with Gasteiger partial charge in [0.25, 0.3) is 0 Å². The van der Waals surface area contributed by atoms with Crippen molar-refractivity contribution >= 4 is 12.0 Å². The molecule has 1 saturated heterocycles. The molecule has 1 aromatic heterocycles. The van der Waals surface area contributed by atoms with Gasteiger partial charge in [-0.25, -0.2) is 4.79 Å². The van der Waals surface area contributed by atoms with Crippen LogP contribution < -0.4 is 0 Å². The van der Waals surface area contributed by atoms with E-state index in [4.69, 9.17) is 4.74 Å². The second kappa shape index (κ2) is 8.32. The zero-order chi connectivity index (χ0) is 18.4. The Bertz CT molecular complexity index is 583. The number of aromatic nitrogens is 1. The van der Waals surface area contributed by atoms with E-state index >= 15 is 0 Å². The van der Waals surface area contributed by atoms with Gasteiger partial charge in [-0.3, -0.25) is 9.78 Å². The first-order valence-electron chi connectivity index (χ1n) is 8.96. The molecule has 0 saturated carbocycles. The van der Waals surface area contributed by atoms with Gasteiger partial charge in [0.2, 0.25) is 5.91 Å². The Morgan fingerprint density at radius 3 is 2.72 bits per heavy atom. The fraction of sp³-hybridized carbons (Fsp3) is 0.632. The fourth-order valence-electron chi connectivity index (χ4n) is 2.96. The molecule has 2 rings (SSSR count). The van der Waals surface area contributed by atoms with Crippen molar-refractivity contribution in [2.45, 2.75) is 52.7 Å². The van der Waals surface area contributed by atoms with Crippen molar-refractivity contribution in [1.82, 2.24) is 14.8 Å². The predicted octanol–water partition coefficient (Wildman–Crippen LogP) is 3.08. The second-order valence-electron chi connectivity index (χ2n) is 7.44. The normalized spacial score (nSPS) is 17.9. The molecule has 2 amide bonds. The lowest BCUT2D eigenvalue weighted by Crippen LogP contribution is -2.47. The molecule has 138 valence electrons. The van der Waals surface area contributed by atoms with Gasteiger partial charge in [-0.2, -0.15) is 0 Å². The third kappa shape index (κ3) is 5.73. The smallest absolute Gasteiger partial charge is 0.410 e. The highest BCUT2D eigenvalue weighted by Gasteiger charge is 2.32. The number of ether oxygens (including phenoxy) is 1. The molecule has 0 bridgehead atoms. The number of amides is 2. The average molecular weight is 347 g/mol. The lowest BCUT2D eigenvalue weighted by molar-refractivity contribution is -0.137. The van der Waals surface area contributed by atoms with Crippen molar-refractivity contribution < 1.29 is 14.3 Å². The number of hydrogen-bond donors (Lipinski definition) is 0. The molecular weight excluding hydrogens is 318 g/mol. The van der Waals surface area contributed by atoms with E-state index in [-0.39, 0.29) is 17.9 Å². The van der Waals surface area contributed by atoms with Crippen molar-refractivity contribution in [2.75, 3.05) is 19.6 Å². The van der Waals surface area contributed by atoms with E-state index in [1.807, 2.05) is 50.8 Å². The van der Waals surface area contributed by atoms with E-state index in [2.05, 4.69) is 4.98 Å². The van der Waals surface area contributed by atoms with Crippen molar-refractivity contribution in [3.05, 3.63) is 30.1 Å². The Hall–Kier alpha value is -2.11. The van der Waals surface area contributed by atoms with Crippen LogP contribution in [0.4, 0.5) is 4.79 Å². The van der Waals surface area contributed by atoms with E-state index in [0.29, 0.717) is 26.2 Å². The molecule has 25 heavy (non-hydrogen) atoms. The molecule has 1 atom stereocenters. The molecule has 6 heteroatoms. The maximum atomic E-state index is 12.9. The van der Waals surface area contributed by atoms with Crippen molar-refractivity contribution in [3.63, 3.8) is 0 Å². The number of pyridine rings is 1. The molecule has 0 N–H and O–H groups in total. The molecule has 0 aromatic carbocycles. The predicted molar refractivity (Wildman–Crippen MR) is 95.9 cm³/mol. The Labute approximate surface area is 150 Å². The maximum absolute atomic E-state index is 12.9. The Morgan fingerprint density at radius 2 is 2.12 bits per heavy atom. The highest BCUT2D eigenvalue weighted by Crippen LogP contribution is 2.22. The van der Waals surface area contributed by atoms with Gasteiger partial charge in [0.15, 0.2) is 0 Å². The molecular formula is C19H29N3O3. The Kier molecular flexibility index (Phi) is 6.39. The maximum Gasteiger partial charge on any atom is 0.410 e. The minimum absolute atomic E-state index is 0.0846. The summed E-state index contributed by atoms with van der Waals surface area (Å²) in [7, 11) is 0. The van der Waals surface area contributed by atoms with Gasteiger partial charge in [0.05, 0.1) is 18.2 Å². The summed E-state index contributed by atoms with van der Waals surface area (Å²) in [6.45, 7) is 9.71. The number of nitrogens with zero attached hydrogens (tertiary/aromatic N) is 3. The lowest BCUT2D eigenvalue weighted by Gasteiger charge is -2.35. The van der Waals surface area contributed by atoms with Crippen LogP contribution in [0.25, 0.3) is 0 Å². The molecule has 6 nitrogen and oxygen atoms in total. The number of carbonyl (C=O) groups excluding carboxylic acids is 2. The summed E-state index contributed by atoms with van der Waals surface area (Å²) in [4.78, 5) is 33.0. The summed E-state index contributed by atoms with van der Waals surface area (Å²) < 4.78 is 5.44. The van der Waals surface area contributed by atoms with Crippen LogP contribution in [0.2, 0.25) is 0 Å². The van der Waals surface area contributed by atoms with Gasteiger partial charge in [-0.15, -0.1) is 0 Å². The van der Waals surface area contributed by atoms with Gasteiger partial charge >= 0.3 is 6.09 Å². The summed E-state index contributed by atoms with van der Waals surface area (Å²) in [6.07, 6.45) is 3.02. The molecule has 0 unspecified atom stereocenters. The summed E-state index contributed by atoms with van der Waals surface area (Å²) in [5.74, 6) is -0.0913. The molecule has 1 aliphatic heterocycles. The first-order valence-corrected chi connectivity index (χ1v) is 8.96. The number of hydrogen-bond acceptors (Lipinski definition) is 4. The molecule has 1 aromatic rings. The van der Waals surface area contributed by atoms with Gasteiger partial charge in [0, 0.05) is 25.8 Å². The zero-order valence-corrected chi connectivity index (χ0v) is 15.7. The summed E-state index contributed by atoms with van der Waals surface area (Å²) in [5, 5.41) is 0. The zero-order valence-electron chi connectivity index (χ0n) is 15.7. The quantitative estimate of drug-likeness (QED) is 0.840. The van der Waals surface area contributed by atoms with Gasteiger partial charge in [-0.1, -0.05) is 6.07 Å². The number of carbonyl (C=O) groups is 2. The first kappa shape index (κ1) is 19.2. The minimum Gasteiger partial charge on any atom is -0.444 e. The van der Waals surface area contributed by atoms with Crippen LogP contribution in [-0.4, -0.2) is 52.0 Å². The van der Waals surface area contributed by atoms with Crippen LogP contribution in [0.15, 0.2) is 24.4 Å². The van der Waals surface area contributed by atoms with E-state index in [1.54, 1.807) is 11.1 Å². The molecule has 1 fully saturated rings. The van der Waals surface area contributed by atoms with E-state index in [0.717, 1.165) is 18.5 Å². The van der Waals surface area contributed by atoms with Crippen LogP contribution in [0.5, 0.6) is 0 Å². The van der Waals surface area contributed by atoms with Crippen LogP contribution in [0.3, 0.4) is 0 Å². The van der Waals surface area contributed by atoms with Crippen LogP contribution in [-0.2, 0) is 16.1 Å². The molecule has 2 heterocycles. The fourth-order valence-corrected chi connectivity index (χ4v) is 2.96. The van der Waals surface area contributed by atoms with E-state index in [1.165, 1.54) is 0 Å². The van der Waals surface area contributed by atoms with Crippen LogP contribution in [0, 0.1) is 5.92 Å². The van der Waals surface area contributed by atoms with Gasteiger partial charge in [0.1, 0.15) is 5.60 Å². The number of rotatable bonds is 4. The van der Waals surface area contributed by atoms with Crippen molar-refractivity contribution in [1.29, 1.82) is 0 Å².